The molecule has 0 spiro atoms. The van der Waals surface area contributed by atoms with Crippen molar-refractivity contribution in [2.45, 2.75) is 6.54 Å². The van der Waals surface area contributed by atoms with E-state index in [-0.39, 0.29) is 11.5 Å². The molecule has 2 aromatic heterocycles. The van der Waals surface area contributed by atoms with Crippen LogP contribution in [0.2, 0.25) is 0 Å². The van der Waals surface area contributed by atoms with Crippen LogP contribution in [-0.4, -0.2) is 10.9 Å². The third-order valence-corrected chi connectivity index (χ3v) is 2.92. The van der Waals surface area contributed by atoms with Crippen molar-refractivity contribution >= 4 is 17.2 Å². The van der Waals surface area contributed by atoms with Crippen molar-refractivity contribution in [3.63, 3.8) is 0 Å². The summed E-state index contributed by atoms with van der Waals surface area (Å²) in [6, 6.07) is 6.73. The lowest BCUT2D eigenvalue weighted by Crippen LogP contribution is -2.23. The van der Waals surface area contributed by atoms with Crippen LogP contribution in [0, 0.1) is 0 Å². The fourth-order valence-corrected chi connectivity index (χ4v) is 1.91. The highest BCUT2D eigenvalue weighted by Crippen LogP contribution is 2.07. The van der Waals surface area contributed by atoms with E-state index in [2.05, 4.69) is 10.3 Å². The fourth-order valence-electron chi connectivity index (χ4n) is 1.27. The van der Waals surface area contributed by atoms with E-state index in [9.17, 15) is 9.59 Å². The highest BCUT2D eigenvalue weighted by molar-refractivity contribution is 7.09. The van der Waals surface area contributed by atoms with Crippen molar-refractivity contribution < 1.29 is 4.79 Å². The normalized spacial score (nSPS) is 10.0. The van der Waals surface area contributed by atoms with Crippen LogP contribution in [0.1, 0.15) is 15.2 Å². The van der Waals surface area contributed by atoms with Gasteiger partial charge in [0.25, 0.3) is 5.91 Å². The summed E-state index contributed by atoms with van der Waals surface area (Å²) in [4.78, 5) is 26.2. The molecule has 82 valence electrons. The molecule has 2 heterocycles. The molecule has 2 aromatic rings. The van der Waals surface area contributed by atoms with Gasteiger partial charge >= 0.3 is 0 Å². The minimum atomic E-state index is -0.274. The molecule has 0 atom stereocenters. The van der Waals surface area contributed by atoms with Gasteiger partial charge in [0.2, 0.25) is 5.56 Å². The summed E-state index contributed by atoms with van der Waals surface area (Å²) in [7, 11) is 0. The van der Waals surface area contributed by atoms with E-state index in [1.807, 2.05) is 17.5 Å². The molecule has 0 aliphatic carbocycles. The summed E-state index contributed by atoms with van der Waals surface area (Å²) in [6.45, 7) is 0.489. The molecule has 0 bridgehead atoms. The number of H-pyrrole nitrogens is 1. The van der Waals surface area contributed by atoms with Crippen molar-refractivity contribution in [3.8, 4) is 0 Å². The number of amides is 1. The number of carbonyl (C=O) groups is 1. The van der Waals surface area contributed by atoms with Gasteiger partial charge in [0.15, 0.2) is 0 Å². The van der Waals surface area contributed by atoms with E-state index < -0.39 is 0 Å². The Balaban J connectivity index is 2.01. The number of rotatable bonds is 3. The predicted octanol–water partition coefficient (Wildman–Crippen LogP) is 1.37. The SMILES string of the molecule is O=C(NCc1cccs1)c1cc[nH]c(=O)c1. The summed E-state index contributed by atoms with van der Waals surface area (Å²) in [5.74, 6) is -0.237. The number of aromatic nitrogens is 1. The van der Waals surface area contributed by atoms with E-state index in [1.165, 1.54) is 12.3 Å². The molecule has 0 fully saturated rings. The smallest absolute Gasteiger partial charge is 0.251 e. The molecule has 0 aliphatic heterocycles. The Hall–Kier alpha value is -1.88. The van der Waals surface area contributed by atoms with Crippen LogP contribution in [0.4, 0.5) is 0 Å². The molecule has 2 N–H and O–H groups in total. The molecular weight excluding hydrogens is 224 g/mol. The Bertz CT molecular complexity index is 531. The lowest BCUT2D eigenvalue weighted by Gasteiger charge is -2.02. The van der Waals surface area contributed by atoms with Crippen LogP contribution in [0.25, 0.3) is 0 Å². The quantitative estimate of drug-likeness (QED) is 0.842. The zero-order valence-corrected chi connectivity index (χ0v) is 9.21. The van der Waals surface area contributed by atoms with Crippen molar-refractivity contribution in [1.29, 1.82) is 0 Å². The van der Waals surface area contributed by atoms with Crippen molar-refractivity contribution in [1.82, 2.24) is 10.3 Å². The lowest BCUT2D eigenvalue weighted by atomic mass is 10.2. The van der Waals surface area contributed by atoms with Gasteiger partial charge in [0, 0.05) is 22.7 Å². The number of nitrogens with one attached hydrogen (secondary N) is 2. The minimum Gasteiger partial charge on any atom is -0.347 e. The fraction of sp³-hybridized carbons (Fsp3) is 0.0909. The van der Waals surface area contributed by atoms with Crippen LogP contribution >= 0.6 is 11.3 Å². The molecule has 0 radical (unpaired) electrons. The van der Waals surface area contributed by atoms with Gasteiger partial charge in [0.05, 0.1) is 6.54 Å². The van der Waals surface area contributed by atoms with E-state index in [0.717, 1.165) is 4.88 Å². The molecule has 4 nitrogen and oxygen atoms in total. The average Bonchev–Trinajstić information content (AvgIpc) is 2.78. The Kier molecular flexibility index (Phi) is 3.16. The van der Waals surface area contributed by atoms with Crippen molar-refractivity contribution in [3.05, 3.63) is 56.6 Å². The van der Waals surface area contributed by atoms with Crippen LogP contribution in [-0.2, 0) is 6.54 Å². The second-order valence-electron chi connectivity index (χ2n) is 3.20. The third-order valence-electron chi connectivity index (χ3n) is 2.04. The third kappa shape index (κ3) is 2.58. The topological polar surface area (TPSA) is 62.0 Å². The zero-order valence-electron chi connectivity index (χ0n) is 8.40. The largest absolute Gasteiger partial charge is 0.347 e. The lowest BCUT2D eigenvalue weighted by molar-refractivity contribution is 0.0951. The van der Waals surface area contributed by atoms with Gasteiger partial charge in [-0.1, -0.05) is 6.07 Å². The maximum Gasteiger partial charge on any atom is 0.251 e. The second kappa shape index (κ2) is 4.76. The van der Waals surface area contributed by atoms with Crippen LogP contribution in [0.3, 0.4) is 0 Å². The van der Waals surface area contributed by atoms with Gasteiger partial charge in [0.1, 0.15) is 0 Å². The van der Waals surface area contributed by atoms with Gasteiger partial charge < -0.3 is 10.3 Å². The Morgan fingerprint density at radius 1 is 1.44 bits per heavy atom. The summed E-state index contributed by atoms with van der Waals surface area (Å²) < 4.78 is 0. The monoisotopic (exact) mass is 234 g/mol. The molecule has 0 saturated heterocycles. The van der Waals surface area contributed by atoms with Crippen LogP contribution < -0.4 is 10.9 Å². The van der Waals surface area contributed by atoms with E-state index in [0.29, 0.717) is 12.1 Å². The number of pyridine rings is 1. The van der Waals surface area contributed by atoms with Crippen molar-refractivity contribution in [2.75, 3.05) is 0 Å². The number of hydrogen-bond donors (Lipinski definition) is 2. The second-order valence-corrected chi connectivity index (χ2v) is 4.24. The summed E-state index contributed by atoms with van der Waals surface area (Å²) in [6.07, 6.45) is 1.46. The Morgan fingerprint density at radius 3 is 3.00 bits per heavy atom. The first-order valence-corrected chi connectivity index (χ1v) is 5.63. The summed E-state index contributed by atoms with van der Waals surface area (Å²) >= 11 is 1.58. The zero-order chi connectivity index (χ0) is 11.4. The highest BCUT2D eigenvalue weighted by Gasteiger charge is 2.05. The molecule has 0 aliphatic rings. The molecule has 0 unspecified atom stereocenters. The first kappa shape index (κ1) is 10.6. The molecule has 16 heavy (non-hydrogen) atoms. The maximum absolute atomic E-state index is 11.6. The molecule has 0 aromatic carbocycles. The first-order chi connectivity index (χ1) is 7.75. The highest BCUT2D eigenvalue weighted by atomic mass is 32.1. The first-order valence-electron chi connectivity index (χ1n) is 4.75. The summed E-state index contributed by atoms with van der Waals surface area (Å²) in [5.41, 5.74) is 0.101. The van der Waals surface area contributed by atoms with E-state index >= 15 is 0 Å². The number of thiophene rings is 1. The van der Waals surface area contributed by atoms with E-state index in [1.54, 1.807) is 17.4 Å². The van der Waals surface area contributed by atoms with Gasteiger partial charge in [-0.25, -0.2) is 0 Å². The summed E-state index contributed by atoms with van der Waals surface area (Å²) in [5, 5.41) is 4.70. The Morgan fingerprint density at radius 2 is 2.31 bits per heavy atom. The predicted molar refractivity (Wildman–Crippen MR) is 62.6 cm³/mol. The van der Waals surface area contributed by atoms with Crippen molar-refractivity contribution in [2.24, 2.45) is 0 Å². The molecule has 0 saturated carbocycles. The van der Waals surface area contributed by atoms with E-state index in [4.69, 9.17) is 0 Å². The standard InChI is InChI=1S/C11H10N2O2S/c14-10-6-8(3-4-12-10)11(15)13-7-9-2-1-5-16-9/h1-6H,7H2,(H,12,14)(H,13,15). The van der Waals surface area contributed by atoms with Gasteiger partial charge in [-0.2, -0.15) is 0 Å². The maximum atomic E-state index is 11.6. The average molecular weight is 234 g/mol. The van der Waals surface area contributed by atoms with Crippen LogP contribution in [0.5, 0.6) is 0 Å². The van der Waals surface area contributed by atoms with Gasteiger partial charge in [-0.05, 0) is 17.5 Å². The Labute approximate surface area is 96.0 Å². The molecular formula is C11H10N2O2S. The molecule has 5 heteroatoms. The van der Waals surface area contributed by atoms with Crippen LogP contribution in [0.15, 0.2) is 40.6 Å². The molecule has 2 rings (SSSR count). The van der Waals surface area contributed by atoms with Gasteiger partial charge in [-0.3, -0.25) is 9.59 Å². The number of hydrogen-bond acceptors (Lipinski definition) is 3. The number of aromatic amines is 1. The minimum absolute atomic E-state index is 0.237. The number of carbonyl (C=O) groups excluding carboxylic acids is 1. The molecule has 1 amide bonds. The van der Waals surface area contributed by atoms with Gasteiger partial charge in [-0.15, -0.1) is 11.3 Å².